The normalized spacial score (nSPS) is 22.6. The van der Waals surface area contributed by atoms with E-state index in [1.165, 1.54) is 6.07 Å². The molecular formula is C16H8O6. The Morgan fingerprint density at radius 2 is 1.50 bits per heavy atom. The van der Waals surface area contributed by atoms with E-state index in [-0.39, 0.29) is 28.2 Å². The molecule has 6 heteroatoms. The summed E-state index contributed by atoms with van der Waals surface area (Å²) in [6, 6.07) is 4.83. The lowest BCUT2D eigenvalue weighted by Crippen LogP contribution is -2.06. The Hall–Kier alpha value is -3.02. The molecule has 1 aromatic rings. The molecule has 22 heavy (non-hydrogen) atoms. The largest absolute Gasteiger partial charge is 0.386 e. The number of benzene rings is 1. The van der Waals surface area contributed by atoms with E-state index < -0.39 is 23.9 Å². The van der Waals surface area contributed by atoms with Crippen LogP contribution >= 0.6 is 0 Å². The van der Waals surface area contributed by atoms with Gasteiger partial charge in [-0.05, 0) is 24.1 Å². The van der Waals surface area contributed by atoms with Crippen LogP contribution in [0.5, 0.6) is 0 Å². The molecule has 1 aromatic carbocycles. The van der Waals surface area contributed by atoms with Crippen molar-refractivity contribution in [1.29, 1.82) is 0 Å². The molecule has 6 nitrogen and oxygen atoms in total. The lowest BCUT2D eigenvalue weighted by atomic mass is 9.85. The Kier molecular flexibility index (Phi) is 2.45. The quantitative estimate of drug-likeness (QED) is 0.575. The zero-order valence-electron chi connectivity index (χ0n) is 11.1. The van der Waals surface area contributed by atoms with Gasteiger partial charge in [-0.25, -0.2) is 19.2 Å². The highest BCUT2D eigenvalue weighted by atomic mass is 16.6. The van der Waals surface area contributed by atoms with Crippen LogP contribution in [0.4, 0.5) is 0 Å². The van der Waals surface area contributed by atoms with Crippen molar-refractivity contribution in [2.45, 2.75) is 12.3 Å². The highest BCUT2D eigenvalue weighted by molar-refractivity contribution is 6.18. The highest BCUT2D eigenvalue weighted by Gasteiger charge is 2.36. The van der Waals surface area contributed by atoms with Crippen molar-refractivity contribution in [3.8, 4) is 0 Å². The summed E-state index contributed by atoms with van der Waals surface area (Å²) < 4.78 is 9.11. The summed E-state index contributed by atoms with van der Waals surface area (Å²) >= 11 is 0. The number of hydrogen-bond donors (Lipinski definition) is 0. The molecule has 1 saturated heterocycles. The van der Waals surface area contributed by atoms with E-state index in [1.54, 1.807) is 24.3 Å². The third kappa shape index (κ3) is 1.67. The molecule has 0 N–H and O–H groups in total. The van der Waals surface area contributed by atoms with Crippen molar-refractivity contribution in [2.75, 3.05) is 0 Å². The van der Waals surface area contributed by atoms with Gasteiger partial charge in [0.15, 0.2) is 0 Å². The van der Waals surface area contributed by atoms with Gasteiger partial charge in [0.2, 0.25) is 0 Å². The first-order chi connectivity index (χ1) is 10.5. The van der Waals surface area contributed by atoms with Gasteiger partial charge in [-0.15, -0.1) is 0 Å². The van der Waals surface area contributed by atoms with Crippen LogP contribution in [0.3, 0.4) is 0 Å². The Bertz CT molecular complexity index is 842. The summed E-state index contributed by atoms with van der Waals surface area (Å²) in [7, 11) is 0. The summed E-state index contributed by atoms with van der Waals surface area (Å²) in [6.45, 7) is 0. The van der Waals surface area contributed by atoms with Crippen molar-refractivity contribution in [3.05, 3.63) is 58.2 Å². The van der Waals surface area contributed by atoms with Crippen molar-refractivity contribution in [2.24, 2.45) is 0 Å². The van der Waals surface area contributed by atoms with Gasteiger partial charge in [0.05, 0.1) is 22.3 Å². The monoisotopic (exact) mass is 296 g/mol. The highest BCUT2D eigenvalue weighted by Crippen LogP contribution is 2.36. The van der Waals surface area contributed by atoms with Crippen molar-refractivity contribution >= 4 is 23.9 Å². The van der Waals surface area contributed by atoms with Gasteiger partial charge in [0.25, 0.3) is 0 Å². The second-order valence-corrected chi connectivity index (χ2v) is 5.20. The van der Waals surface area contributed by atoms with E-state index in [1.807, 2.05) is 0 Å². The van der Waals surface area contributed by atoms with Crippen LogP contribution in [0, 0.1) is 0 Å². The van der Waals surface area contributed by atoms with Gasteiger partial charge < -0.3 is 9.47 Å². The molecule has 0 radical (unpaired) electrons. The minimum absolute atomic E-state index is 0.175. The van der Waals surface area contributed by atoms with E-state index in [9.17, 15) is 19.2 Å². The number of rotatable bonds is 1. The standard InChI is InChI=1S/C16H8O6/c17-13-9-3-1-7(5-11(9)15(19)21-13)8-2-4-10-12(6-8)16(20)22-14(10)18/h1,3-6,8H,2H2. The SMILES string of the molecule is O=C1OC(=O)C2=CC(c3ccc4c(c3)C(=O)OC4=O)CC=C12. The number of fused-ring (bicyclic) bond motifs is 2. The maximum Gasteiger partial charge on any atom is 0.346 e. The molecule has 2 aliphatic heterocycles. The van der Waals surface area contributed by atoms with Gasteiger partial charge in [-0.1, -0.05) is 18.2 Å². The number of carbonyl (C=O) groups excluding carboxylic acids is 4. The fourth-order valence-corrected chi connectivity index (χ4v) is 2.85. The molecule has 108 valence electrons. The fraction of sp³-hybridized carbons (Fsp3) is 0.125. The number of esters is 4. The van der Waals surface area contributed by atoms with Crippen molar-refractivity contribution in [1.82, 2.24) is 0 Å². The molecule has 1 atom stereocenters. The predicted octanol–water partition coefficient (Wildman–Crippen LogP) is 1.42. The first-order valence-electron chi connectivity index (χ1n) is 6.64. The number of cyclic esters (lactones) is 4. The Morgan fingerprint density at radius 1 is 0.818 bits per heavy atom. The van der Waals surface area contributed by atoms with Crippen LogP contribution in [0.15, 0.2) is 41.5 Å². The minimum atomic E-state index is -0.669. The van der Waals surface area contributed by atoms with E-state index in [0.29, 0.717) is 6.42 Å². The van der Waals surface area contributed by atoms with E-state index in [4.69, 9.17) is 0 Å². The molecule has 2 heterocycles. The first-order valence-corrected chi connectivity index (χ1v) is 6.64. The van der Waals surface area contributed by atoms with Crippen LogP contribution in [0.1, 0.15) is 38.6 Å². The van der Waals surface area contributed by atoms with Gasteiger partial charge in [0.1, 0.15) is 0 Å². The molecule has 3 aliphatic rings. The fourth-order valence-electron chi connectivity index (χ4n) is 2.85. The number of allylic oxidation sites excluding steroid dienone is 2. The Labute approximate surface area is 124 Å². The topological polar surface area (TPSA) is 86.7 Å². The van der Waals surface area contributed by atoms with E-state index in [2.05, 4.69) is 9.47 Å². The number of hydrogen-bond acceptors (Lipinski definition) is 6. The summed E-state index contributed by atoms with van der Waals surface area (Å²) in [4.78, 5) is 46.1. The molecule has 4 rings (SSSR count). The third-order valence-electron chi connectivity index (χ3n) is 3.96. The molecule has 1 unspecified atom stereocenters. The summed E-state index contributed by atoms with van der Waals surface area (Å²) in [5.74, 6) is -2.78. The maximum absolute atomic E-state index is 11.6. The lowest BCUT2D eigenvalue weighted by molar-refractivity contribution is -0.149. The molecule has 0 bridgehead atoms. The van der Waals surface area contributed by atoms with Gasteiger partial charge in [-0.3, -0.25) is 0 Å². The molecule has 0 saturated carbocycles. The van der Waals surface area contributed by atoms with Crippen LogP contribution in [0.25, 0.3) is 0 Å². The maximum atomic E-state index is 11.6. The van der Waals surface area contributed by atoms with Gasteiger partial charge >= 0.3 is 23.9 Å². The zero-order chi connectivity index (χ0) is 15.4. The molecule has 0 spiro atoms. The second kappa shape index (κ2) is 4.24. The van der Waals surface area contributed by atoms with E-state index >= 15 is 0 Å². The van der Waals surface area contributed by atoms with Crippen LogP contribution in [0.2, 0.25) is 0 Å². The Balaban J connectivity index is 1.73. The number of ether oxygens (including phenoxy) is 2. The third-order valence-corrected chi connectivity index (χ3v) is 3.96. The molecule has 0 amide bonds. The second-order valence-electron chi connectivity index (χ2n) is 5.20. The van der Waals surface area contributed by atoms with Gasteiger partial charge in [-0.2, -0.15) is 0 Å². The molecular weight excluding hydrogens is 288 g/mol. The molecule has 0 aromatic heterocycles. The summed E-state index contributed by atoms with van der Waals surface area (Å²) in [5.41, 5.74) is 1.77. The summed E-state index contributed by atoms with van der Waals surface area (Å²) in [5, 5.41) is 0. The predicted molar refractivity (Wildman–Crippen MR) is 70.8 cm³/mol. The lowest BCUT2D eigenvalue weighted by Gasteiger charge is -2.16. The number of carbonyl (C=O) groups is 4. The smallest absolute Gasteiger partial charge is 0.346 e. The average Bonchev–Trinajstić information content (AvgIpc) is 2.96. The van der Waals surface area contributed by atoms with Crippen LogP contribution in [-0.2, 0) is 19.1 Å². The van der Waals surface area contributed by atoms with Crippen molar-refractivity contribution < 1.29 is 28.7 Å². The summed E-state index contributed by atoms with van der Waals surface area (Å²) in [6.07, 6.45) is 3.82. The Morgan fingerprint density at radius 3 is 2.32 bits per heavy atom. The first kappa shape index (κ1) is 12.7. The zero-order valence-corrected chi connectivity index (χ0v) is 11.1. The van der Waals surface area contributed by atoms with Gasteiger partial charge in [0, 0.05) is 5.92 Å². The minimum Gasteiger partial charge on any atom is -0.386 e. The molecule has 1 fully saturated rings. The van der Waals surface area contributed by atoms with Crippen molar-refractivity contribution in [3.63, 3.8) is 0 Å². The van der Waals surface area contributed by atoms with E-state index in [0.717, 1.165) is 5.56 Å². The van der Waals surface area contributed by atoms with Crippen LogP contribution < -0.4 is 0 Å². The average molecular weight is 296 g/mol. The molecule has 1 aliphatic carbocycles. The van der Waals surface area contributed by atoms with Crippen LogP contribution in [-0.4, -0.2) is 23.9 Å².